The average Bonchev–Trinajstić information content (AvgIpc) is 2.75. The predicted molar refractivity (Wildman–Crippen MR) is 116 cm³/mol. The fourth-order valence-corrected chi connectivity index (χ4v) is 3.83. The minimum absolute atomic E-state index is 0.0155. The Labute approximate surface area is 179 Å². The van der Waals surface area contributed by atoms with Gasteiger partial charge in [0.05, 0.1) is 10.9 Å². The first kappa shape index (κ1) is 20.5. The number of ether oxygens (including phenoxy) is 2. The Morgan fingerprint density at radius 2 is 1.83 bits per heavy atom. The van der Waals surface area contributed by atoms with Gasteiger partial charge in [-0.05, 0) is 62.4 Å². The highest BCUT2D eigenvalue weighted by atomic mass is 35.5. The summed E-state index contributed by atoms with van der Waals surface area (Å²) in [6, 6.07) is 11.9. The number of rotatable bonds is 5. The van der Waals surface area contributed by atoms with Gasteiger partial charge in [0, 0.05) is 11.1 Å². The third kappa shape index (κ3) is 4.51. The van der Waals surface area contributed by atoms with Gasteiger partial charge < -0.3 is 13.9 Å². The van der Waals surface area contributed by atoms with Crippen LogP contribution in [0.25, 0.3) is 22.1 Å². The van der Waals surface area contributed by atoms with Gasteiger partial charge in [-0.2, -0.15) is 0 Å². The van der Waals surface area contributed by atoms with Crippen LogP contribution in [0.4, 0.5) is 0 Å². The second-order valence-corrected chi connectivity index (χ2v) is 8.04. The fraction of sp³-hybridized carbons (Fsp3) is 0.333. The number of hydrogen-bond acceptors (Lipinski definition) is 5. The molecule has 2 aromatic carbocycles. The van der Waals surface area contributed by atoms with E-state index in [9.17, 15) is 9.59 Å². The third-order valence-electron chi connectivity index (χ3n) is 5.38. The minimum Gasteiger partial charge on any atom is -0.479 e. The molecule has 0 aliphatic heterocycles. The zero-order chi connectivity index (χ0) is 21.1. The van der Waals surface area contributed by atoms with Gasteiger partial charge in [-0.3, -0.25) is 4.79 Å². The molecule has 0 radical (unpaired) electrons. The van der Waals surface area contributed by atoms with Crippen molar-refractivity contribution in [2.45, 2.75) is 51.2 Å². The van der Waals surface area contributed by atoms with Crippen molar-refractivity contribution < 1.29 is 18.7 Å². The van der Waals surface area contributed by atoms with E-state index in [-0.39, 0.29) is 17.5 Å². The van der Waals surface area contributed by atoms with Gasteiger partial charge in [-0.1, -0.05) is 30.2 Å². The number of esters is 1. The van der Waals surface area contributed by atoms with Gasteiger partial charge in [0.25, 0.3) is 0 Å². The highest BCUT2D eigenvalue weighted by Gasteiger charge is 2.23. The first-order valence-electron chi connectivity index (χ1n) is 10.2. The van der Waals surface area contributed by atoms with Gasteiger partial charge in [-0.15, -0.1) is 0 Å². The Morgan fingerprint density at radius 3 is 2.57 bits per heavy atom. The van der Waals surface area contributed by atoms with Crippen LogP contribution in [0.5, 0.6) is 5.75 Å². The molecule has 1 atom stereocenters. The van der Waals surface area contributed by atoms with Crippen LogP contribution in [0.1, 0.15) is 39.0 Å². The Balaban J connectivity index is 1.50. The summed E-state index contributed by atoms with van der Waals surface area (Å²) in [6.45, 7) is 1.66. The zero-order valence-electron chi connectivity index (χ0n) is 16.7. The number of benzene rings is 2. The largest absolute Gasteiger partial charge is 0.479 e. The highest BCUT2D eigenvalue weighted by molar-refractivity contribution is 6.30. The fourth-order valence-electron chi connectivity index (χ4n) is 3.71. The van der Waals surface area contributed by atoms with Crippen LogP contribution >= 0.6 is 11.6 Å². The molecule has 0 amide bonds. The van der Waals surface area contributed by atoms with Crippen LogP contribution in [-0.4, -0.2) is 18.2 Å². The maximum atomic E-state index is 12.9. The van der Waals surface area contributed by atoms with Crippen LogP contribution in [0.2, 0.25) is 5.02 Å². The van der Waals surface area contributed by atoms with E-state index in [1.165, 1.54) is 12.7 Å². The zero-order valence-corrected chi connectivity index (χ0v) is 17.5. The Hall–Kier alpha value is -2.79. The molecule has 0 saturated heterocycles. The van der Waals surface area contributed by atoms with Gasteiger partial charge >= 0.3 is 5.97 Å². The number of fused-ring (bicyclic) bond motifs is 1. The molecule has 6 heteroatoms. The minimum atomic E-state index is -0.746. The van der Waals surface area contributed by atoms with Gasteiger partial charge in [-0.25, -0.2) is 4.79 Å². The van der Waals surface area contributed by atoms with E-state index in [2.05, 4.69) is 0 Å². The first-order valence-corrected chi connectivity index (χ1v) is 10.6. The lowest BCUT2D eigenvalue weighted by molar-refractivity contribution is -0.158. The monoisotopic (exact) mass is 426 g/mol. The van der Waals surface area contributed by atoms with Crippen LogP contribution in [-0.2, 0) is 9.53 Å². The molecule has 1 heterocycles. The van der Waals surface area contributed by atoms with Crippen molar-refractivity contribution in [3.8, 4) is 16.9 Å². The topological polar surface area (TPSA) is 65.7 Å². The Kier molecular flexibility index (Phi) is 6.09. The second kappa shape index (κ2) is 8.92. The molecule has 30 heavy (non-hydrogen) atoms. The maximum Gasteiger partial charge on any atom is 0.347 e. The molecule has 4 rings (SSSR count). The molecule has 1 aliphatic rings. The summed E-state index contributed by atoms with van der Waals surface area (Å²) < 4.78 is 17.0. The van der Waals surface area contributed by atoms with E-state index < -0.39 is 6.10 Å². The molecule has 0 N–H and O–H groups in total. The summed E-state index contributed by atoms with van der Waals surface area (Å²) in [4.78, 5) is 25.2. The standard InChI is InChI=1S/C24H23ClO5/c1-15(24(27)30-18-5-3-2-4-6-18)29-19-11-12-20-22(13-19)28-14-21(23(20)26)16-7-9-17(25)10-8-16/h7-15,18H,2-6H2,1H3. The lowest BCUT2D eigenvalue weighted by atomic mass is 9.98. The summed E-state index contributed by atoms with van der Waals surface area (Å²) in [7, 11) is 0. The molecule has 1 saturated carbocycles. The maximum absolute atomic E-state index is 12.9. The van der Waals surface area contributed by atoms with Crippen molar-refractivity contribution in [2.75, 3.05) is 0 Å². The summed E-state index contributed by atoms with van der Waals surface area (Å²) in [5.41, 5.74) is 1.43. The SMILES string of the molecule is CC(Oc1ccc2c(=O)c(-c3ccc(Cl)cc3)coc2c1)C(=O)OC1CCCCC1. The van der Waals surface area contributed by atoms with E-state index in [1.54, 1.807) is 49.4 Å². The molecule has 1 fully saturated rings. The van der Waals surface area contributed by atoms with Gasteiger partial charge in [0.1, 0.15) is 23.7 Å². The molecule has 1 unspecified atom stereocenters. The van der Waals surface area contributed by atoms with Crippen molar-refractivity contribution in [2.24, 2.45) is 0 Å². The van der Waals surface area contributed by atoms with Crippen molar-refractivity contribution in [3.05, 3.63) is 64.0 Å². The molecule has 3 aromatic rings. The van der Waals surface area contributed by atoms with E-state index in [0.717, 1.165) is 31.2 Å². The van der Waals surface area contributed by atoms with Gasteiger partial charge in [0.2, 0.25) is 0 Å². The molecule has 0 bridgehead atoms. The molecule has 0 spiro atoms. The number of halogens is 1. The summed E-state index contributed by atoms with van der Waals surface area (Å²) in [5.74, 6) is 0.0690. The number of carbonyl (C=O) groups excluding carboxylic acids is 1. The van der Waals surface area contributed by atoms with Crippen molar-refractivity contribution in [3.63, 3.8) is 0 Å². The normalized spacial score (nSPS) is 15.7. The van der Waals surface area contributed by atoms with E-state index in [0.29, 0.717) is 27.3 Å². The van der Waals surface area contributed by atoms with Crippen molar-refractivity contribution >= 4 is 28.5 Å². The summed E-state index contributed by atoms with van der Waals surface area (Å²) in [6.07, 6.45) is 5.87. The number of carbonyl (C=O) groups is 1. The van der Waals surface area contributed by atoms with Crippen LogP contribution in [0, 0.1) is 0 Å². The summed E-state index contributed by atoms with van der Waals surface area (Å²) in [5, 5.41) is 1.04. The van der Waals surface area contributed by atoms with E-state index in [4.69, 9.17) is 25.5 Å². The lowest BCUT2D eigenvalue weighted by Gasteiger charge is -2.23. The van der Waals surface area contributed by atoms with E-state index in [1.807, 2.05) is 0 Å². The summed E-state index contributed by atoms with van der Waals surface area (Å²) >= 11 is 5.92. The van der Waals surface area contributed by atoms with Crippen molar-refractivity contribution in [1.82, 2.24) is 0 Å². The molecule has 1 aliphatic carbocycles. The smallest absolute Gasteiger partial charge is 0.347 e. The van der Waals surface area contributed by atoms with Crippen LogP contribution in [0.3, 0.4) is 0 Å². The quantitative estimate of drug-likeness (QED) is 0.485. The second-order valence-electron chi connectivity index (χ2n) is 7.60. The Bertz CT molecular complexity index is 1100. The van der Waals surface area contributed by atoms with Gasteiger partial charge in [0.15, 0.2) is 11.5 Å². The third-order valence-corrected chi connectivity index (χ3v) is 5.63. The highest BCUT2D eigenvalue weighted by Crippen LogP contribution is 2.25. The molecule has 1 aromatic heterocycles. The molecular weight excluding hydrogens is 404 g/mol. The lowest BCUT2D eigenvalue weighted by Crippen LogP contribution is -2.31. The first-order chi connectivity index (χ1) is 14.5. The average molecular weight is 427 g/mol. The van der Waals surface area contributed by atoms with Crippen LogP contribution in [0.15, 0.2) is 57.9 Å². The predicted octanol–water partition coefficient (Wildman–Crippen LogP) is 5.76. The van der Waals surface area contributed by atoms with Crippen molar-refractivity contribution in [1.29, 1.82) is 0 Å². The molecular formula is C24H23ClO5. The molecule has 156 valence electrons. The molecule has 5 nitrogen and oxygen atoms in total. The van der Waals surface area contributed by atoms with E-state index >= 15 is 0 Å². The van der Waals surface area contributed by atoms with Crippen LogP contribution < -0.4 is 10.2 Å². The Morgan fingerprint density at radius 1 is 1.10 bits per heavy atom. The number of hydrogen-bond donors (Lipinski definition) is 0.